The number of non-ortho nitro benzene ring substituents is 1. The number of nitro groups is 1. The standard InChI is InChI=1S/C17H25N3O2S/c1-12-7-4-5-10-16(12)18-17(23)19(3)13(2)14-8-6-9-15(11-14)20(21)22/h6,8-9,11-13,16H,4-5,7,10H2,1-3H3,(H,18,23)/t12-,13-,16+/m0/s1. The highest BCUT2D eigenvalue weighted by Crippen LogP contribution is 2.26. The first kappa shape index (κ1) is 17.7. The van der Waals surface area contributed by atoms with Crippen molar-refractivity contribution in [1.82, 2.24) is 10.2 Å². The van der Waals surface area contributed by atoms with Gasteiger partial charge in [0.05, 0.1) is 11.0 Å². The summed E-state index contributed by atoms with van der Waals surface area (Å²) < 4.78 is 0. The molecule has 0 unspecified atom stereocenters. The van der Waals surface area contributed by atoms with Crippen LogP contribution in [0.4, 0.5) is 5.69 Å². The number of nitrogens with one attached hydrogen (secondary N) is 1. The van der Waals surface area contributed by atoms with Gasteiger partial charge in [-0.25, -0.2) is 0 Å². The van der Waals surface area contributed by atoms with Crippen molar-refractivity contribution in [3.63, 3.8) is 0 Å². The zero-order valence-corrected chi connectivity index (χ0v) is 14.8. The number of hydrogen-bond donors (Lipinski definition) is 1. The summed E-state index contributed by atoms with van der Waals surface area (Å²) in [5, 5.41) is 15.1. The van der Waals surface area contributed by atoms with Crippen LogP contribution in [0, 0.1) is 16.0 Å². The summed E-state index contributed by atoms with van der Waals surface area (Å²) in [5.41, 5.74) is 1.00. The minimum absolute atomic E-state index is 0.0196. The fourth-order valence-corrected chi connectivity index (χ4v) is 3.40. The summed E-state index contributed by atoms with van der Waals surface area (Å²) in [6.45, 7) is 4.28. The highest BCUT2D eigenvalue weighted by atomic mass is 32.1. The first-order chi connectivity index (χ1) is 10.9. The topological polar surface area (TPSA) is 58.4 Å². The zero-order valence-electron chi connectivity index (χ0n) is 14.0. The molecular weight excluding hydrogens is 310 g/mol. The molecule has 0 amide bonds. The molecule has 1 saturated carbocycles. The molecule has 0 radical (unpaired) electrons. The smallest absolute Gasteiger partial charge is 0.269 e. The highest BCUT2D eigenvalue weighted by molar-refractivity contribution is 7.80. The van der Waals surface area contributed by atoms with Gasteiger partial charge in [0.25, 0.3) is 5.69 Å². The molecule has 1 aliphatic rings. The number of thiocarbonyl (C=S) groups is 1. The van der Waals surface area contributed by atoms with Crippen LogP contribution in [-0.4, -0.2) is 28.0 Å². The molecule has 126 valence electrons. The van der Waals surface area contributed by atoms with E-state index in [0.717, 1.165) is 12.0 Å². The van der Waals surface area contributed by atoms with Gasteiger partial charge in [-0.1, -0.05) is 31.9 Å². The second kappa shape index (κ2) is 7.73. The van der Waals surface area contributed by atoms with E-state index in [1.165, 1.54) is 25.3 Å². The van der Waals surface area contributed by atoms with Crippen LogP contribution in [0.1, 0.15) is 51.1 Å². The van der Waals surface area contributed by atoms with Crippen molar-refractivity contribution in [1.29, 1.82) is 0 Å². The lowest BCUT2D eigenvalue weighted by atomic mass is 9.86. The summed E-state index contributed by atoms with van der Waals surface area (Å²) in [6, 6.07) is 7.16. The van der Waals surface area contributed by atoms with Gasteiger partial charge in [0.15, 0.2) is 5.11 Å². The average Bonchev–Trinajstić information content (AvgIpc) is 2.55. The number of rotatable bonds is 4. The second-order valence-electron chi connectivity index (χ2n) is 6.46. The Kier molecular flexibility index (Phi) is 5.93. The minimum atomic E-state index is -0.365. The van der Waals surface area contributed by atoms with E-state index in [0.29, 0.717) is 17.1 Å². The van der Waals surface area contributed by atoms with E-state index in [1.807, 2.05) is 24.9 Å². The number of hydrogen-bond acceptors (Lipinski definition) is 3. The van der Waals surface area contributed by atoms with Crippen molar-refractivity contribution >= 4 is 23.0 Å². The largest absolute Gasteiger partial charge is 0.360 e. The summed E-state index contributed by atoms with van der Waals surface area (Å²) in [4.78, 5) is 12.5. The lowest BCUT2D eigenvalue weighted by Crippen LogP contribution is -2.47. The van der Waals surface area contributed by atoms with Crippen LogP contribution in [0.5, 0.6) is 0 Å². The average molecular weight is 335 g/mol. The van der Waals surface area contributed by atoms with Crippen molar-refractivity contribution < 1.29 is 4.92 Å². The molecule has 0 aromatic heterocycles. The van der Waals surface area contributed by atoms with Crippen molar-refractivity contribution in [3.8, 4) is 0 Å². The zero-order chi connectivity index (χ0) is 17.0. The molecule has 1 aromatic rings. The normalized spacial score (nSPS) is 22.2. The summed E-state index contributed by atoms with van der Waals surface area (Å²) in [5.74, 6) is 0.628. The molecule has 23 heavy (non-hydrogen) atoms. The van der Waals surface area contributed by atoms with E-state index in [1.54, 1.807) is 12.1 Å². The maximum Gasteiger partial charge on any atom is 0.269 e. The minimum Gasteiger partial charge on any atom is -0.360 e. The van der Waals surface area contributed by atoms with E-state index >= 15 is 0 Å². The van der Waals surface area contributed by atoms with Gasteiger partial charge in [-0.05, 0) is 43.5 Å². The maximum absolute atomic E-state index is 10.9. The Morgan fingerprint density at radius 1 is 1.43 bits per heavy atom. The second-order valence-corrected chi connectivity index (χ2v) is 6.84. The van der Waals surface area contributed by atoms with Crippen molar-refractivity contribution in [2.45, 2.75) is 51.6 Å². The van der Waals surface area contributed by atoms with Crippen molar-refractivity contribution in [2.24, 2.45) is 5.92 Å². The third kappa shape index (κ3) is 4.41. The third-order valence-corrected chi connectivity index (χ3v) is 5.29. The third-order valence-electron chi connectivity index (χ3n) is 4.89. The number of nitrogens with zero attached hydrogens (tertiary/aromatic N) is 2. The van der Waals surface area contributed by atoms with Gasteiger partial charge in [0, 0.05) is 25.2 Å². The van der Waals surface area contributed by atoms with Crippen LogP contribution in [0.3, 0.4) is 0 Å². The van der Waals surface area contributed by atoms with E-state index < -0.39 is 0 Å². The van der Waals surface area contributed by atoms with Crippen molar-refractivity contribution in [3.05, 3.63) is 39.9 Å². The van der Waals surface area contributed by atoms with Crippen LogP contribution < -0.4 is 5.32 Å². The van der Waals surface area contributed by atoms with Crippen LogP contribution in [0.25, 0.3) is 0 Å². The molecule has 2 rings (SSSR count). The maximum atomic E-state index is 10.9. The Bertz CT molecular complexity index is 579. The lowest BCUT2D eigenvalue weighted by molar-refractivity contribution is -0.384. The van der Waals surface area contributed by atoms with Crippen LogP contribution in [-0.2, 0) is 0 Å². The first-order valence-electron chi connectivity index (χ1n) is 8.18. The monoisotopic (exact) mass is 335 g/mol. The van der Waals surface area contributed by atoms with Crippen molar-refractivity contribution in [2.75, 3.05) is 7.05 Å². The number of benzene rings is 1. The van der Waals surface area contributed by atoms with Gasteiger partial charge in [-0.3, -0.25) is 10.1 Å². The van der Waals surface area contributed by atoms with Gasteiger partial charge in [0.2, 0.25) is 0 Å². The van der Waals surface area contributed by atoms with Crippen LogP contribution >= 0.6 is 12.2 Å². The Labute approximate surface area is 143 Å². The summed E-state index contributed by atoms with van der Waals surface area (Å²) >= 11 is 5.55. The van der Waals surface area contributed by atoms with Crippen LogP contribution in [0.2, 0.25) is 0 Å². The molecule has 0 saturated heterocycles. The van der Waals surface area contributed by atoms with Gasteiger partial charge in [0.1, 0.15) is 0 Å². The van der Waals surface area contributed by atoms with Gasteiger partial charge in [-0.15, -0.1) is 0 Å². The van der Waals surface area contributed by atoms with E-state index in [2.05, 4.69) is 12.2 Å². The molecular formula is C17H25N3O2S. The molecule has 1 aliphatic carbocycles. The quantitative estimate of drug-likeness (QED) is 0.511. The molecule has 3 atom stereocenters. The van der Waals surface area contributed by atoms with E-state index in [9.17, 15) is 10.1 Å². The van der Waals surface area contributed by atoms with E-state index in [-0.39, 0.29) is 16.7 Å². The Morgan fingerprint density at radius 3 is 2.78 bits per heavy atom. The molecule has 1 N–H and O–H groups in total. The predicted octanol–water partition coefficient (Wildman–Crippen LogP) is 4.04. The molecule has 0 bridgehead atoms. The predicted molar refractivity (Wildman–Crippen MR) is 96.4 cm³/mol. The summed E-state index contributed by atoms with van der Waals surface area (Å²) in [7, 11) is 1.94. The molecule has 0 spiro atoms. The Morgan fingerprint density at radius 2 is 2.13 bits per heavy atom. The van der Waals surface area contributed by atoms with Crippen LogP contribution in [0.15, 0.2) is 24.3 Å². The van der Waals surface area contributed by atoms with Gasteiger partial charge < -0.3 is 10.2 Å². The SMILES string of the molecule is C[C@H]1CCCC[C@H]1NC(=S)N(C)[C@@H](C)c1cccc([N+](=O)[O-])c1. The highest BCUT2D eigenvalue weighted by Gasteiger charge is 2.24. The molecule has 0 heterocycles. The molecule has 5 nitrogen and oxygen atoms in total. The van der Waals surface area contributed by atoms with E-state index in [4.69, 9.17) is 12.2 Å². The Balaban J connectivity index is 2.03. The van der Waals surface area contributed by atoms with Gasteiger partial charge >= 0.3 is 0 Å². The lowest BCUT2D eigenvalue weighted by Gasteiger charge is -2.35. The molecule has 0 aliphatic heterocycles. The molecule has 1 fully saturated rings. The van der Waals surface area contributed by atoms with Gasteiger partial charge in [-0.2, -0.15) is 0 Å². The molecule has 6 heteroatoms. The Hall–Kier alpha value is -1.69. The summed E-state index contributed by atoms with van der Waals surface area (Å²) in [6.07, 6.45) is 4.94. The first-order valence-corrected chi connectivity index (χ1v) is 8.58. The fourth-order valence-electron chi connectivity index (χ4n) is 3.09. The number of nitro benzene ring substituents is 1. The molecule has 1 aromatic carbocycles. The fraction of sp³-hybridized carbons (Fsp3) is 0.588.